The lowest BCUT2D eigenvalue weighted by Gasteiger charge is -2.06. The molecule has 0 aromatic heterocycles. The molecule has 0 saturated carbocycles. The SMILES string of the molecule is CC(=O)c1cccc(C([B]C(=O)O)C#N)c1. The number of hydrogen-bond acceptors (Lipinski definition) is 3. The summed E-state index contributed by atoms with van der Waals surface area (Å²) in [6.07, 6.45) is 0. The number of carbonyl (C=O) groups is 2. The number of nitriles is 1. The second-order valence-electron chi connectivity index (χ2n) is 3.29. The summed E-state index contributed by atoms with van der Waals surface area (Å²) >= 11 is 0. The molecule has 79 valence electrons. The first-order valence-electron chi connectivity index (χ1n) is 4.63. The molecule has 5 heteroatoms. The van der Waals surface area contributed by atoms with Crippen LogP contribution in [-0.2, 0) is 0 Å². The summed E-state index contributed by atoms with van der Waals surface area (Å²) in [7, 11) is 0.902. The van der Waals surface area contributed by atoms with E-state index < -0.39 is 11.7 Å². The first kappa shape index (κ1) is 12.0. The standard InChI is InChI=1S/C11H9BNO3/c1-7(14)8-3-2-4-9(5-8)10(6-13)12-11(15)16/h2-5,10H,1H3,(H,15,16). The highest BCUT2D eigenvalue weighted by Crippen LogP contribution is 2.16. The molecule has 1 radical (unpaired) electrons. The third-order valence-electron chi connectivity index (χ3n) is 2.10. The van der Waals surface area contributed by atoms with Gasteiger partial charge < -0.3 is 5.11 Å². The Morgan fingerprint density at radius 3 is 2.69 bits per heavy atom. The molecule has 0 heterocycles. The van der Waals surface area contributed by atoms with Crippen molar-refractivity contribution in [3.63, 3.8) is 0 Å². The Kier molecular flexibility index (Phi) is 3.84. The van der Waals surface area contributed by atoms with Gasteiger partial charge in [-0.2, -0.15) is 5.26 Å². The van der Waals surface area contributed by atoms with Crippen LogP contribution in [0.1, 0.15) is 28.7 Å². The fourth-order valence-electron chi connectivity index (χ4n) is 1.30. The molecule has 0 aliphatic rings. The lowest BCUT2D eigenvalue weighted by atomic mass is 9.62. The van der Waals surface area contributed by atoms with Crippen LogP contribution in [0.2, 0.25) is 0 Å². The molecule has 0 saturated heterocycles. The van der Waals surface area contributed by atoms with E-state index in [-0.39, 0.29) is 5.78 Å². The maximum atomic E-state index is 11.1. The van der Waals surface area contributed by atoms with E-state index in [9.17, 15) is 9.59 Å². The van der Waals surface area contributed by atoms with Crippen LogP contribution in [0.3, 0.4) is 0 Å². The van der Waals surface area contributed by atoms with Crippen LogP contribution in [-0.4, -0.2) is 24.0 Å². The summed E-state index contributed by atoms with van der Waals surface area (Å²) in [4.78, 5) is 21.6. The van der Waals surface area contributed by atoms with Gasteiger partial charge in [-0.3, -0.25) is 9.59 Å². The lowest BCUT2D eigenvalue weighted by molar-refractivity contribution is 0.101. The first-order valence-corrected chi connectivity index (χ1v) is 4.63. The number of ketones is 1. The summed E-state index contributed by atoms with van der Waals surface area (Å²) in [6.45, 7) is 1.42. The number of carboxylic acid groups (broad SMARTS) is 1. The largest absolute Gasteiger partial charge is 0.490 e. The monoisotopic (exact) mass is 214 g/mol. The summed E-state index contributed by atoms with van der Waals surface area (Å²) in [5.74, 6) is -2.11. The molecule has 0 amide bonds. The van der Waals surface area contributed by atoms with E-state index in [4.69, 9.17) is 10.4 Å². The molecule has 1 aromatic rings. The van der Waals surface area contributed by atoms with Gasteiger partial charge in [-0.15, -0.1) is 0 Å². The predicted octanol–water partition coefficient (Wildman–Crippen LogP) is 1.84. The highest BCUT2D eigenvalue weighted by Gasteiger charge is 2.18. The molecule has 4 nitrogen and oxygen atoms in total. The van der Waals surface area contributed by atoms with Crippen molar-refractivity contribution in [2.24, 2.45) is 0 Å². The predicted molar refractivity (Wildman–Crippen MR) is 58.6 cm³/mol. The van der Waals surface area contributed by atoms with Gasteiger partial charge in [0, 0.05) is 5.56 Å². The van der Waals surface area contributed by atoms with Gasteiger partial charge >= 0.3 is 0 Å². The van der Waals surface area contributed by atoms with E-state index >= 15 is 0 Å². The fourth-order valence-corrected chi connectivity index (χ4v) is 1.30. The first-order chi connectivity index (χ1) is 7.54. The van der Waals surface area contributed by atoms with Gasteiger partial charge in [0.2, 0.25) is 5.87 Å². The molecule has 0 aliphatic heterocycles. The van der Waals surface area contributed by atoms with Crippen LogP contribution >= 0.6 is 0 Å². The van der Waals surface area contributed by atoms with Crippen LogP contribution in [0.15, 0.2) is 24.3 Å². The third kappa shape index (κ3) is 2.96. The Morgan fingerprint density at radius 1 is 1.50 bits per heavy atom. The molecule has 1 rings (SSSR count). The lowest BCUT2D eigenvalue weighted by Crippen LogP contribution is -2.15. The molecule has 0 bridgehead atoms. The quantitative estimate of drug-likeness (QED) is 0.612. The van der Waals surface area contributed by atoms with Crippen LogP contribution < -0.4 is 0 Å². The molecular weight excluding hydrogens is 205 g/mol. The highest BCUT2D eigenvalue weighted by molar-refractivity contribution is 6.73. The second kappa shape index (κ2) is 5.12. The molecule has 16 heavy (non-hydrogen) atoms. The topological polar surface area (TPSA) is 78.2 Å². The van der Waals surface area contributed by atoms with E-state index in [1.165, 1.54) is 13.0 Å². The van der Waals surface area contributed by atoms with Crippen molar-refractivity contribution in [2.75, 3.05) is 0 Å². The minimum absolute atomic E-state index is 0.117. The van der Waals surface area contributed by atoms with Gasteiger partial charge in [0.1, 0.15) is 0 Å². The van der Waals surface area contributed by atoms with Crippen molar-refractivity contribution in [3.8, 4) is 6.07 Å². The van der Waals surface area contributed by atoms with Crippen LogP contribution in [0.25, 0.3) is 0 Å². The zero-order valence-electron chi connectivity index (χ0n) is 8.68. The maximum Gasteiger partial charge on any atom is 0.286 e. The number of Topliss-reactive ketones (excluding diaryl/α,β-unsaturated/α-hetero) is 1. The molecule has 0 aliphatic carbocycles. The molecule has 0 spiro atoms. The zero-order valence-corrected chi connectivity index (χ0v) is 8.68. The normalized spacial score (nSPS) is 11.2. The Labute approximate surface area is 93.8 Å². The van der Waals surface area contributed by atoms with E-state index in [0.29, 0.717) is 11.1 Å². The molecule has 1 unspecified atom stereocenters. The molecule has 1 atom stereocenters. The Balaban J connectivity index is 3.02. The van der Waals surface area contributed by atoms with Gasteiger partial charge in [-0.05, 0) is 18.6 Å². The molecule has 0 fully saturated rings. The molecule has 1 N–H and O–H groups in total. The Morgan fingerprint density at radius 2 is 2.19 bits per heavy atom. The van der Waals surface area contributed by atoms with E-state index in [2.05, 4.69) is 0 Å². The van der Waals surface area contributed by atoms with Crippen molar-refractivity contribution in [1.29, 1.82) is 5.26 Å². The minimum atomic E-state index is -1.15. The zero-order chi connectivity index (χ0) is 12.1. The van der Waals surface area contributed by atoms with Crippen molar-refractivity contribution in [3.05, 3.63) is 35.4 Å². The fraction of sp³-hybridized carbons (Fsp3) is 0.182. The van der Waals surface area contributed by atoms with E-state index in [1.54, 1.807) is 18.2 Å². The highest BCUT2D eigenvalue weighted by atomic mass is 16.4. The summed E-state index contributed by atoms with van der Waals surface area (Å²) < 4.78 is 0. The Hall–Kier alpha value is -2.09. The van der Waals surface area contributed by atoms with Crippen molar-refractivity contribution in [1.82, 2.24) is 0 Å². The number of rotatable bonds is 4. The van der Waals surface area contributed by atoms with Crippen LogP contribution in [0, 0.1) is 11.3 Å². The molecular formula is C11H9BNO3. The average molecular weight is 214 g/mol. The third-order valence-corrected chi connectivity index (χ3v) is 2.10. The number of nitrogens with zero attached hydrogens (tertiary/aromatic N) is 1. The summed E-state index contributed by atoms with van der Waals surface area (Å²) in [6, 6.07) is 8.29. The average Bonchev–Trinajstić information content (AvgIpc) is 2.25. The number of carbonyl (C=O) groups excluding carboxylic acids is 1. The van der Waals surface area contributed by atoms with Gasteiger partial charge in [0.25, 0.3) is 7.28 Å². The van der Waals surface area contributed by atoms with E-state index in [1.807, 2.05) is 6.07 Å². The molecule has 1 aromatic carbocycles. The smallest absolute Gasteiger partial charge is 0.286 e. The van der Waals surface area contributed by atoms with E-state index in [0.717, 1.165) is 7.28 Å². The van der Waals surface area contributed by atoms with Crippen molar-refractivity contribution in [2.45, 2.75) is 12.7 Å². The number of hydrogen-bond donors (Lipinski definition) is 1. The maximum absolute atomic E-state index is 11.1. The van der Waals surface area contributed by atoms with Crippen LogP contribution in [0.5, 0.6) is 0 Å². The summed E-state index contributed by atoms with van der Waals surface area (Å²) in [5, 5.41) is 17.4. The minimum Gasteiger partial charge on any atom is -0.490 e. The Bertz CT molecular complexity index is 465. The van der Waals surface area contributed by atoms with Crippen LogP contribution in [0.4, 0.5) is 4.79 Å². The van der Waals surface area contributed by atoms with Crippen molar-refractivity contribution < 1.29 is 14.7 Å². The second-order valence-corrected chi connectivity index (χ2v) is 3.29. The van der Waals surface area contributed by atoms with Gasteiger partial charge in [0.15, 0.2) is 5.78 Å². The van der Waals surface area contributed by atoms with Gasteiger partial charge in [-0.25, -0.2) is 0 Å². The summed E-state index contributed by atoms with van der Waals surface area (Å²) in [5.41, 5.74) is 0.981. The number of benzene rings is 1. The van der Waals surface area contributed by atoms with Gasteiger partial charge in [-0.1, -0.05) is 18.2 Å². The van der Waals surface area contributed by atoms with Gasteiger partial charge in [0.05, 0.1) is 11.9 Å². The van der Waals surface area contributed by atoms with Crippen molar-refractivity contribution >= 4 is 18.9 Å².